The highest BCUT2D eigenvalue weighted by atomic mass is 32.1. The van der Waals surface area contributed by atoms with E-state index in [2.05, 4.69) is 15.2 Å². The second kappa shape index (κ2) is 3.24. The zero-order valence-corrected chi connectivity index (χ0v) is 9.86. The molecular weight excluding hydrogens is 228 g/mol. The molecule has 0 aromatic carbocycles. The quantitative estimate of drug-likeness (QED) is 0.818. The van der Waals surface area contributed by atoms with E-state index < -0.39 is 0 Å². The highest BCUT2D eigenvalue weighted by Gasteiger charge is 2.30. The lowest BCUT2D eigenvalue weighted by atomic mass is 10.2. The van der Waals surface area contributed by atoms with Crippen molar-refractivity contribution in [1.29, 1.82) is 0 Å². The zero-order chi connectivity index (χ0) is 10.4. The molecule has 2 aromatic heterocycles. The lowest BCUT2D eigenvalue weighted by Crippen LogP contribution is -1.93. The van der Waals surface area contributed by atoms with Gasteiger partial charge in [-0.15, -0.1) is 11.3 Å². The van der Waals surface area contributed by atoms with Gasteiger partial charge in [0.15, 0.2) is 10.6 Å². The molecule has 2 aromatic rings. The van der Waals surface area contributed by atoms with Gasteiger partial charge in [-0.1, -0.05) is 0 Å². The minimum atomic E-state index is 0.650. The van der Waals surface area contributed by atoms with Crippen LogP contribution in [0.4, 0.5) is 0 Å². The van der Waals surface area contributed by atoms with Gasteiger partial charge in [-0.05, 0) is 25.1 Å². The highest BCUT2D eigenvalue weighted by Crippen LogP contribution is 2.44. The summed E-state index contributed by atoms with van der Waals surface area (Å²) in [6.45, 7) is 0. The van der Waals surface area contributed by atoms with Crippen molar-refractivity contribution in [2.24, 2.45) is 7.05 Å². The Hall–Kier alpha value is -1.01. The van der Waals surface area contributed by atoms with Crippen LogP contribution < -0.4 is 0 Å². The van der Waals surface area contributed by atoms with Gasteiger partial charge in [0.05, 0.1) is 16.1 Å². The number of aromatic nitrogens is 4. The summed E-state index contributed by atoms with van der Waals surface area (Å²) in [5, 5.41) is 7.05. The molecule has 6 heteroatoms. The summed E-state index contributed by atoms with van der Waals surface area (Å²) in [5.74, 6) is 1.56. The van der Waals surface area contributed by atoms with E-state index in [1.807, 2.05) is 17.1 Å². The first-order chi connectivity index (χ1) is 7.27. The van der Waals surface area contributed by atoms with E-state index in [-0.39, 0.29) is 0 Å². The van der Waals surface area contributed by atoms with Crippen molar-refractivity contribution in [3.63, 3.8) is 0 Å². The van der Waals surface area contributed by atoms with Crippen molar-refractivity contribution in [1.82, 2.24) is 19.7 Å². The van der Waals surface area contributed by atoms with Crippen LogP contribution in [0.5, 0.6) is 0 Å². The van der Waals surface area contributed by atoms with E-state index in [9.17, 15) is 0 Å². The fourth-order valence-electron chi connectivity index (χ4n) is 1.62. The number of hydrogen-bond donors (Lipinski definition) is 1. The topological polar surface area (TPSA) is 46.5 Å². The third-order valence-corrected chi connectivity index (χ3v) is 3.85. The molecule has 1 aliphatic carbocycles. The van der Waals surface area contributed by atoms with Crippen molar-refractivity contribution >= 4 is 23.6 Å². The molecule has 0 aliphatic heterocycles. The third kappa shape index (κ3) is 1.44. The lowest BCUT2D eigenvalue weighted by Gasteiger charge is -1.99. The average molecular weight is 238 g/mol. The molecule has 0 bridgehead atoms. The largest absolute Gasteiger partial charge is 0.303 e. The fourth-order valence-corrected chi connectivity index (χ4v) is 2.65. The first kappa shape index (κ1) is 9.23. The fraction of sp³-hybridized carbons (Fsp3) is 0.444. The summed E-state index contributed by atoms with van der Waals surface area (Å²) in [6, 6.07) is 0. The van der Waals surface area contributed by atoms with E-state index in [4.69, 9.17) is 12.2 Å². The van der Waals surface area contributed by atoms with Crippen LogP contribution in [0, 0.1) is 4.77 Å². The molecule has 0 radical (unpaired) electrons. The van der Waals surface area contributed by atoms with E-state index in [0.29, 0.717) is 10.7 Å². The summed E-state index contributed by atoms with van der Waals surface area (Å²) < 4.78 is 2.55. The van der Waals surface area contributed by atoms with E-state index >= 15 is 0 Å². The van der Waals surface area contributed by atoms with E-state index in [0.717, 1.165) is 10.7 Å². The molecule has 3 rings (SSSR count). The van der Waals surface area contributed by atoms with Crippen molar-refractivity contribution in [2.75, 3.05) is 0 Å². The highest BCUT2D eigenvalue weighted by molar-refractivity contribution is 7.71. The van der Waals surface area contributed by atoms with Crippen LogP contribution in [0.1, 0.15) is 24.5 Å². The molecule has 2 heterocycles. The Morgan fingerprint density at radius 1 is 1.60 bits per heavy atom. The minimum Gasteiger partial charge on any atom is -0.303 e. The van der Waals surface area contributed by atoms with Gasteiger partial charge in [0.2, 0.25) is 0 Å². The molecule has 15 heavy (non-hydrogen) atoms. The number of nitrogens with one attached hydrogen (secondary N) is 1. The van der Waals surface area contributed by atoms with Crippen molar-refractivity contribution < 1.29 is 0 Å². The molecule has 0 spiro atoms. The molecule has 1 saturated carbocycles. The normalized spacial score (nSPS) is 15.8. The monoisotopic (exact) mass is 238 g/mol. The molecule has 0 atom stereocenters. The van der Waals surface area contributed by atoms with E-state index in [1.54, 1.807) is 11.3 Å². The Balaban J connectivity index is 2.15. The predicted octanol–water partition coefficient (Wildman–Crippen LogP) is 2.48. The number of hydrogen-bond acceptors (Lipinski definition) is 4. The maximum absolute atomic E-state index is 5.10. The summed E-state index contributed by atoms with van der Waals surface area (Å²) in [4.78, 5) is 5.58. The summed E-state index contributed by atoms with van der Waals surface area (Å²) in [6.07, 6.45) is 2.51. The smallest absolute Gasteiger partial charge is 0.195 e. The SMILES string of the molecule is Cn1c(-c2scnc2C2CC2)n[nH]c1=S. The van der Waals surface area contributed by atoms with Gasteiger partial charge in [0.25, 0.3) is 0 Å². The van der Waals surface area contributed by atoms with Gasteiger partial charge in [-0.25, -0.2) is 4.98 Å². The van der Waals surface area contributed by atoms with Crippen LogP contribution in [-0.2, 0) is 7.05 Å². The van der Waals surface area contributed by atoms with Gasteiger partial charge in [0, 0.05) is 13.0 Å². The van der Waals surface area contributed by atoms with Crippen molar-refractivity contribution in [2.45, 2.75) is 18.8 Å². The Kier molecular flexibility index (Phi) is 2.00. The Bertz CT molecular complexity index is 546. The molecule has 4 nitrogen and oxygen atoms in total. The number of H-pyrrole nitrogens is 1. The van der Waals surface area contributed by atoms with Crippen LogP contribution in [0.2, 0.25) is 0 Å². The van der Waals surface area contributed by atoms with Gasteiger partial charge >= 0.3 is 0 Å². The lowest BCUT2D eigenvalue weighted by molar-refractivity contribution is 0.899. The minimum absolute atomic E-state index is 0.650. The van der Waals surface area contributed by atoms with Crippen LogP contribution in [0.15, 0.2) is 5.51 Å². The maximum atomic E-state index is 5.10. The zero-order valence-electron chi connectivity index (χ0n) is 8.23. The molecule has 1 aliphatic rings. The van der Waals surface area contributed by atoms with Gasteiger partial charge < -0.3 is 4.57 Å². The van der Waals surface area contributed by atoms with Crippen LogP contribution in [-0.4, -0.2) is 19.7 Å². The maximum Gasteiger partial charge on any atom is 0.195 e. The number of nitrogens with zero attached hydrogens (tertiary/aromatic N) is 3. The molecule has 0 unspecified atom stereocenters. The Morgan fingerprint density at radius 3 is 3.00 bits per heavy atom. The molecular formula is C9H10N4S2. The Morgan fingerprint density at radius 2 is 2.40 bits per heavy atom. The van der Waals surface area contributed by atoms with Gasteiger partial charge in [-0.2, -0.15) is 5.10 Å². The first-order valence-corrected chi connectivity index (χ1v) is 6.11. The van der Waals surface area contributed by atoms with Crippen molar-refractivity contribution in [3.8, 4) is 10.7 Å². The third-order valence-electron chi connectivity index (χ3n) is 2.64. The number of rotatable bonds is 2. The second-order valence-corrected chi connectivity index (χ2v) is 4.99. The average Bonchev–Trinajstić information content (AvgIpc) is 2.88. The molecule has 0 amide bonds. The molecule has 0 saturated heterocycles. The summed E-state index contributed by atoms with van der Waals surface area (Å²) in [5.41, 5.74) is 3.08. The number of thiazole rings is 1. The standard InChI is InChI=1S/C9H10N4S2/c1-13-8(11-12-9(13)14)7-6(5-2-3-5)10-4-15-7/h4-5H,2-3H2,1H3,(H,12,14). The number of aromatic amines is 1. The second-order valence-electron chi connectivity index (χ2n) is 3.75. The molecule has 1 fully saturated rings. The Labute approximate surface area is 96.0 Å². The van der Waals surface area contributed by atoms with Crippen LogP contribution in [0.3, 0.4) is 0 Å². The van der Waals surface area contributed by atoms with Crippen LogP contribution in [0.25, 0.3) is 10.7 Å². The molecule has 1 N–H and O–H groups in total. The first-order valence-electron chi connectivity index (χ1n) is 4.82. The summed E-state index contributed by atoms with van der Waals surface area (Å²) in [7, 11) is 1.93. The predicted molar refractivity (Wildman–Crippen MR) is 61.5 cm³/mol. The molecule has 78 valence electrons. The summed E-state index contributed by atoms with van der Waals surface area (Å²) >= 11 is 6.74. The van der Waals surface area contributed by atoms with Gasteiger partial charge in [-0.3, -0.25) is 5.10 Å². The van der Waals surface area contributed by atoms with Crippen molar-refractivity contribution in [3.05, 3.63) is 16.0 Å². The van der Waals surface area contributed by atoms with Crippen LogP contribution >= 0.6 is 23.6 Å². The van der Waals surface area contributed by atoms with Gasteiger partial charge in [0.1, 0.15) is 0 Å². The van der Waals surface area contributed by atoms with E-state index in [1.165, 1.54) is 18.5 Å².